The van der Waals surface area contributed by atoms with Crippen LogP contribution < -0.4 is 10.1 Å². The molecule has 6 heteroatoms. The maximum atomic E-state index is 13.2. The zero-order valence-corrected chi connectivity index (χ0v) is 17.3. The van der Waals surface area contributed by atoms with E-state index < -0.39 is 0 Å². The first kappa shape index (κ1) is 20.5. The number of amides is 1. The third-order valence-electron chi connectivity index (χ3n) is 4.95. The fraction of sp³-hybridized carbons (Fsp3) is 0.600. The smallest absolute Gasteiger partial charge is 0.228 e. The van der Waals surface area contributed by atoms with Gasteiger partial charge in [0.15, 0.2) is 5.11 Å². The number of ether oxygens (including phenoxy) is 1. The van der Waals surface area contributed by atoms with Crippen LogP contribution in [0, 0.1) is 5.92 Å². The van der Waals surface area contributed by atoms with Gasteiger partial charge in [-0.25, -0.2) is 0 Å². The molecule has 1 aromatic rings. The first-order valence-corrected chi connectivity index (χ1v) is 9.80. The number of hydrogen-bond donors (Lipinski definition) is 1. The monoisotopic (exact) mass is 377 g/mol. The largest absolute Gasteiger partial charge is 0.496 e. The number of rotatable bonds is 6. The van der Waals surface area contributed by atoms with Crippen molar-refractivity contribution in [2.24, 2.45) is 5.92 Å². The molecule has 2 rings (SSSR count). The van der Waals surface area contributed by atoms with Crippen molar-refractivity contribution in [3.8, 4) is 5.75 Å². The standard InChI is InChI=1S/C20H31N3O2S/c1-6-22(7-2)19(24)17-13-23(20(26)21-14(3)4)12-16(17)15-10-8-9-11-18(15)25-5/h8-11,14,16-17H,6-7,12-13H2,1-5H3,(H,21,26). The van der Waals surface area contributed by atoms with Crippen LogP contribution in [0.3, 0.4) is 0 Å². The number of methoxy groups -OCH3 is 1. The third-order valence-corrected chi connectivity index (χ3v) is 5.33. The Labute approximate surface area is 162 Å². The molecule has 1 aliphatic rings. The maximum absolute atomic E-state index is 13.2. The molecule has 0 aliphatic carbocycles. The van der Waals surface area contributed by atoms with Crippen LogP contribution in [0.25, 0.3) is 0 Å². The normalized spacial score (nSPS) is 19.5. The van der Waals surface area contributed by atoms with Crippen LogP contribution in [0.2, 0.25) is 0 Å². The molecule has 2 unspecified atom stereocenters. The lowest BCUT2D eigenvalue weighted by Gasteiger charge is -2.26. The van der Waals surface area contributed by atoms with Gasteiger partial charge in [-0.1, -0.05) is 18.2 Å². The van der Waals surface area contributed by atoms with Crippen molar-refractivity contribution in [1.82, 2.24) is 15.1 Å². The molecule has 5 nitrogen and oxygen atoms in total. The Balaban J connectivity index is 2.34. The molecular formula is C20H31N3O2S. The van der Waals surface area contributed by atoms with Crippen molar-refractivity contribution in [3.05, 3.63) is 29.8 Å². The minimum Gasteiger partial charge on any atom is -0.496 e. The Hall–Kier alpha value is -1.82. The highest BCUT2D eigenvalue weighted by Crippen LogP contribution is 2.38. The van der Waals surface area contributed by atoms with E-state index in [4.69, 9.17) is 17.0 Å². The van der Waals surface area contributed by atoms with Gasteiger partial charge in [-0.2, -0.15) is 0 Å². The van der Waals surface area contributed by atoms with Crippen molar-refractivity contribution in [3.63, 3.8) is 0 Å². The van der Waals surface area contributed by atoms with Crippen molar-refractivity contribution >= 4 is 23.2 Å². The first-order valence-electron chi connectivity index (χ1n) is 9.39. The Morgan fingerprint density at radius 2 is 1.96 bits per heavy atom. The van der Waals surface area contributed by atoms with Gasteiger partial charge in [0.05, 0.1) is 13.0 Å². The third kappa shape index (κ3) is 4.47. The second-order valence-corrected chi connectivity index (χ2v) is 7.36. The van der Waals surface area contributed by atoms with Crippen LogP contribution in [0.5, 0.6) is 5.75 Å². The topological polar surface area (TPSA) is 44.8 Å². The molecule has 1 saturated heterocycles. The number of nitrogens with one attached hydrogen (secondary N) is 1. The molecule has 1 heterocycles. The van der Waals surface area contributed by atoms with Gasteiger partial charge in [0, 0.05) is 38.1 Å². The highest BCUT2D eigenvalue weighted by molar-refractivity contribution is 7.80. The molecule has 1 aliphatic heterocycles. The number of carbonyl (C=O) groups excluding carboxylic acids is 1. The van der Waals surface area contributed by atoms with Gasteiger partial charge >= 0.3 is 0 Å². The number of nitrogens with zero attached hydrogens (tertiary/aromatic N) is 2. The zero-order valence-electron chi connectivity index (χ0n) is 16.5. The molecule has 0 spiro atoms. The summed E-state index contributed by atoms with van der Waals surface area (Å²) < 4.78 is 5.57. The van der Waals surface area contributed by atoms with E-state index in [0.717, 1.165) is 36.1 Å². The summed E-state index contributed by atoms with van der Waals surface area (Å²) in [7, 11) is 1.68. The van der Waals surface area contributed by atoms with Crippen molar-refractivity contribution in [2.75, 3.05) is 33.3 Å². The Bertz CT molecular complexity index is 631. The second-order valence-electron chi connectivity index (χ2n) is 6.97. The summed E-state index contributed by atoms with van der Waals surface area (Å²) in [5, 5.41) is 4.02. The summed E-state index contributed by atoms with van der Waals surface area (Å²) in [5.74, 6) is 0.962. The van der Waals surface area contributed by atoms with Crippen LogP contribution in [0.15, 0.2) is 24.3 Å². The molecule has 1 amide bonds. The lowest BCUT2D eigenvalue weighted by molar-refractivity contribution is -0.135. The highest BCUT2D eigenvalue weighted by atomic mass is 32.1. The van der Waals surface area contributed by atoms with Gasteiger partial charge in [-0.15, -0.1) is 0 Å². The van der Waals surface area contributed by atoms with Gasteiger partial charge in [0.25, 0.3) is 0 Å². The van der Waals surface area contributed by atoms with E-state index in [0.29, 0.717) is 6.54 Å². The van der Waals surface area contributed by atoms with Crippen molar-refractivity contribution in [2.45, 2.75) is 39.7 Å². The predicted molar refractivity (Wildman–Crippen MR) is 110 cm³/mol. The Morgan fingerprint density at radius 1 is 1.31 bits per heavy atom. The van der Waals surface area contributed by atoms with Gasteiger partial charge in [-0.05, 0) is 51.5 Å². The summed E-state index contributed by atoms with van der Waals surface area (Å²) in [6.45, 7) is 11.0. The number of thiocarbonyl (C=S) groups is 1. The lowest BCUT2D eigenvalue weighted by Crippen LogP contribution is -2.43. The Morgan fingerprint density at radius 3 is 2.54 bits per heavy atom. The molecule has 1 N–H and O–H groups in total. The van der Waals surface area contributed by atoms with E-state index in [1.807, 2.05) is 36.9 Å². The van der Waals surface area contributed by atoms with Crippen LogP contribution in [0.4, 0.5) is 0 Å². The fourth-order valence-electron chi connectivity index (χ4n) is 3.62. The molecular weight excluding hydrogens is 346 g/mol. The molecule has 1 fully saturated rings. The SMILES string of the molecule is CCN(CC)C(=O)C1CN(C(=S)NC(C)C)CC1c1ccccc1OC. The summed E-state index contributed by atoms with van der Waals surface area (Å²) >= 11 is 5.57. The zero-order chi connectivity index (χ0) is 19.3. The molecule has 0 saturated carbocycles. The van der Waals surface area contributed by atoms with Gasteiger partial charge in [-0.3, -0.25) is 4.79 Å². The number of para-hydroxylation sites is 1. The Kier molecular flexibility index (Phi) is 7.26. The van der Waals surface area contributed by atoms with Crippen LogP contribution in [-0.2, 0) is 4.79 Å². The van der Waals surface area contributed by atoms with E-state index in [2.05, 4.69) is 30.1 Å². The van der Waals surface area contributed by atoms with E-state index >= 15 is 0 Å². The van der Waals surface area contributed by atoms with Gasteiger partial charge in [0.1, 0.15) is 5.75 Å². The molecule has 26 heavy (non-hydrogen) atoms. The number of hydrogen-bond acceptors (Lipinski definition) is 3. The van der Waals surface area contributed by atoms with E-state index in [-0.39, 0.29) is 23.8 Å². The van der Waals surface area contributed by atoms with Crippen LogP contribution in [-0.4, -0.2) is 60.2 Å². The average Bonchev–Trinajstić information content (AvgIpc) is 3.07. The van der Waals surface area contributed by atoms with E-state index in [1.165, 1.54) is 0 Å². The van der Waals surface area contributed by atoms with Crippen molar-refractivity contribution < 1.29 is 9.53 Å². The summed E-state index contributed by atoms with van der Waals surface area (Å²) in [6, 6.07) is 8.26. The predicted octanol–water partition coefficient (Wildman–Crippen LogP) is 2.86. The van der Waals surface area contributed by atoms with Crippen LogP contribution in [0.1, 0.15) is 39.2 Å². The molecule has 144 valence electrons. The maximum Gasteiger partial charge on any atom is 0.228 e. The second kappa shape index (κ2) is 9.21. The summed E-state index contributed by atoms with van der Waals surface area (Å²) in [4.78, 5) is 17.2. The van der Waals surface area contributed by atoms with Gasteiger partial charge in [0.2, 0.25) is 5.91 Å². The van der Waals surface area contributed by atoms with Crippen LogP contribution >= 0.6 is 12.2 Å². The number of likely N-dealkylation sites (tertiary alicyclic amines) is 1. The minimum atomic E-state index is -0.127. The van der Waals surface area contributed by atoms with E-state index in [9.17, 15) is 4.79 Å². The fourth-order valence-corrected chi connectivity index (χ4v) is 4.00. The van der Waals surface area contributed by atoms with Crippen molar-refractivity contribution in [1.29, 1.82) is 0 Å². The quantitative estimate of drug-likeness (QED) is 0.773. The summed E-state index contributed by atoms with van der Waals surface area (Å²) in [5.41, 5.74) is 1.08. The molecule has 1 aromatic carbocycles. The lowest BCUT2D eigenvalue weighted by atomic mass is 9.87. The molecule has 0 radical (unpaired) electrons. The molecule has 0 bridgehead atoms. The summed E-state index contributed by atoms with van der Waals surface area (Å²) in [6.07, 6.45) is 0. The number of carbonyl (C=O) groups is 1. The first-order chi connectivity index (χ1) is 12.4. The van der Waals surface area contributed by atoms with E-state index in [1.54, 1.807) is 7.11 Å². The van der Waals surface area contributed by atoms with Gasteiger partial charge < -0.3 is 19.9 Å². The highest BCUT2D eigenvalue weighted by Gasteiger charge is 2.41. The molecule has 2 atom stereocenters. The number of benzene rings is 1. The average molecular weight is 378 g/mol. The molecule has 0 aromatic heterocycles. The minimum absolute atomic E-state index is 0.0613.